The van der Waals surface area contributed by atoms with Gasteiger partial charge in [0.15, 0.2) is 0 Å². The smallest absolute Gasteiger partial charge is 0.265 e. The van der Waals surface area contributed by atoms with Crippen molar-refractivity contribution in [1.82, 2.24) is 25.3 Å². The van der Waals surface area contributed by atoms with Gasteiger partial charge in [-0.1, -0.05) is 62.1 Å². The Morgan fingerprint density at radius 3 is 2.39 bits per heavy atom. The molecule has 0 bridgehead atoms. The zero-order chi connectivity index (χ0) is 32.1. The molecule has 10 nitrogen and oxygen atoms in total. The van der Waals surface area contributed by atoms with Crippen molar-refractivity contribution in [3.63, 3.8) is 0 Å². The SMILES string of the molecule is CN1CNC(=O)C12CN(C(=O)c1c(C(=O)N(CCCCCCCCN)Cc3ccccc3N3CCNCC3)sc3ccccc13)C2. The van der Waals surface area contributed by atoms with Gasteiger partial charge in [0.25, 0.3) is 11.8 Å². The van der Waals surface area contributed by atoms with E-state index in [1.54, 1.807) is 4.90 Å². The Morgan fingerprint density at radius 2 is 1.65 bits per heavy atom. The summed E-state index contributed by atoms with van der Waals surface area (Å²) in [5, 5.41) is 7.13. The first kappa shape index (κ1) is 32.4. The van der Waals surface area contributed by atoms with Gasteiger partial charge in [0.05, 0.1) is 25.3 Å². The Balaban J connectivity index is 1.28. The van der Waals surface area contributed by atoms with Crippen LogP contribution < -0.4 is 21.3 Å². The predicted molar refractivity (Wildman–Crippen MR) is 184 cm³/mol. The van der Waals surface area contributed by atoms with E-state index >= 15 is 0 Å². The normalized spacial score (nSPS) is 17.8. The van der Waals surface area contributed by atoms with Crippen molar-refractivity contribution in [3.05, 3.63) is 64.5 Å². The summed E-state index contributed by atoms with van der Waals surface area (Å²) in [5.74, 6) is -0.322. The van der Waals surface area contributed by atoms with Gasteiger partial charge in [-0.25, -0.2) is 0 Å². The molecule has 1 spiro atoms. The summed E-state index contributed by atoms with van der Waals surface area (Å²) >= 11 is 1.40. The molecule has 3 amide bonds. The molecule has 4 heterocycles. The Bertz CT molecular complexity index is 1550. The fourth-order valence-electron chi connectivity index (χ4n) is 6.97. The van der Waals surface area contributed by atoms with E-state index < -0.39 is 5.54 Å². The number of amides is 3. The van der Waals surface area contributed by atoms with Gasteiger partial charge in [0, 0.05) is 55.0 Å². The first-order valence-corrected chi connectivity index (χ1v) is 17.6. The minimum absolute atomic E-state index is 0.0390. The number of nitrogens with one attached hydrogen (secondary N) is 2. The number of anilines is 1. The van der Waals surface area contributed by atoms with Gasteiger partial charge in [-0.15, -0.1) is 11.3 Å². The molecular weight excluding hydrogens is 598 g/mol. The van der Waals surface area contributed by atoms with Crippen LogP contribution in [0.5, 0.6) is 0 Å². The highest BCUT2D eigenvalue weighted by Crippen LogP contribution is 2.37. The van der Waals surface area contributed by atoms with Crippen LogP contribution in [0.3, 0.4) is 0 Å². The highest BCUT2D eigenvalue weighted by atomic mass is 32.1. The standard InChI is InChI=1S/C35H47N7O3S/c1-39-25-38-34(45)35(39)23-42(24-35)32(43)30-27-13-7-9-15-29(27)46-31(30)33(44)41(19-11-5-3-2-4-10-16-36)22-26-12-6-8-14-28(26)40-20-17-37-18-21-40/h6-9,12-15,37H,2-5,10-11,16-25,36H2,1H3,(H,38,45). The second-order valence-electron chi connectivity index (χ2n) is 12.9. The number of likely N-dealkylation sites (tertiary alicyclic amines) is 1. The molecule has 3 aliphatic rings. The summed E-state index contributed by atoms with van der Waals surface area (Å²) in [6.07, 6.45) is 6.39. The van der Waals surface area contributed by atoms with Gasteiger partial charge in [0.1, 0.15) is 10.4 Å². The molecule has 3 fully saturated rings. The van der Waals surface area contributed by atoms with Gasteiger partial charge >= 0.3 is 0 Å². The molecule has 0 aliphatic carbocycles. The number of carbonyl (C=O) groups excluding carboxylic acids is 3. The molecule has 3 saturated heterocycles. The summed E-state index contributed by atoms with van der Waals surface area (Å²) < 4.78 is 0.918. The Kier molecular flexibility index (Phi) is 10.2. The molecule has 0 unspecified atom stereocenters. The molecule has 3 aromatic rings. The summed E-state index contributed by atoms with van der Waals surface area (Å²) in [7, 11) is 1.91. The minimum atomic E-state index is -0.685. The number of nitrogens with zero attached hydrogens (tertiary/aromatic N) is 4. The Morgan fingerprint density at radius 1 is 0.957 bits per heavy atom. The minimum Gasteiger partial charge on any atom is -0.369 e. The lowest BCUT2D eigenvalue weighted by molar-refractivity contribution is -0.133. The topological polar surface area (TPSA) is 114 Å². The van der Waals surface area contributed by atoms with Crippen molar-refractivity contribution in [3.8, 4) is 0 Å². The number of hydrogen-bond acceptors (Lipinski definition) is 8. The summed E-state index contributed by atoms with van der Waals surface area (Å²) in [6.45, 7) is 6.65. The van der Waals surface area contributed by atoms with Crippen molar-refractivity contribution in [2.75, 3.05) is 71.0 Å². The molecule has 11 heteroatoms. The van der Waals surface area contributed by atoms with E-state index in [1.807, 2.05) is 47.2 Å². The lowest BCUT2D eigenvalue weighted by Crippen LogP contribution is -2.71. The van der Waals surface area contributed by atoms with Crippen LogP contribution in [0.2, 0.25) is 0 Å². The van der Waals surface area contributed by atoms with Crippen molar-refractivity contribution < 1.29 is 14.4 Å². The third-order valence-electron chi connectivity index (χ3n) is 9.81. The number of nitrogens with two attached hydrogens (primary N) is 1. The van der Waals surface area contributed by atoms with Gasteiger partial charge in [-0.3, -0.25) is 19.3 Å². The largest absolute Gasteiger partial charge is 0.369 e. The fourth-order valence-corrected chi connectivity index (χ4v) is 8.14. The van der Waals surface area contributed by atoms with E-state index in [-0.39, 0.29) is 17.7 Å². The van der Waals surface area contributed by atoms with Crippen LogP contribution in [0.4, 0.5) is 5.69 Å². The number of rotatable bonds is 13. The molecule has 246 valence electrons. The second-order valence-corrected chi connectivity index (χ2v) is 13.9. The number of benzene rings is 2. The lowest BCUT2D eigenvalue weighted by atomic mass is 9.87. The highest BCUT2D eigenvalue weighted by molar-refractivity contribution is 7.21. The van der Waals surface area contributed by atoms with Crippen molar-refractivity contribution in [1.29, 1.82) is 0 Å². The van der Waals surface area contributed by atoms with Crippen LogP contribution in [0.1, 0.15) is 64.1 Å². The van der Waals surface area contributed by atoms with E-state index in [2.05, 4.69) is 33.7 Å². The first-order chi connectivity index (χ1) is 22.4. The molecule has 3 aliphatic heterocycles. The number of hydrogen-bond donors (Lipinski definition) is 3. The molecule has 46 heavy (non-hydrogen) atoms. The number of piperazine rings is 1. The maximum absolute atomic E-state index is 14.7. The molecule has 0 atom stereocenters. The maximum Gasteiger partial charge on any atom is 0.265 e. The van der Waals surface area contributed by atoms with E-state index in [0.717, 1.165) is 86.9 Å². The van der Waals surface area contributed by atoms with Crippen molar-refractivity contribution in [2.24, 2.45) is 5.73 Å². The number of unbranched alkanes of at least 4 members (excludes halogenated alkanes) is 5. The highest BCUT2D eigenvalue weighted by Gasteiger charge is 2.57. The fraction of sp³-hybridized carbons (Fsp3) is 0.514. The lowest BCUT2D eigenvalue weighted by Gasteiger charge is -2.49. The Labute approximate surface area is 275 Å². The van der Waals surface area contributed by atoms with Gasteiger partial charge in [0.2, 0.25) is 5.91 Å². The quantitative estimate of drug-likeness (QED) is 0.244. The average molecular weight is 646 g/mol. The molecule has 6 rings (SSSR count). The van der Waals surface area contributed by atoms with Crippen LogP contribution in [-0.2, 0) is 11.3 Å². The molecule has 1 aromatic heterocycles. The van der Waals surface area contributed by atoms with Crippen molar-refractivity contribution in [2.45, 2.75) is 50.6 Å². The van der Waals surface area contributed by atoms with Gasteiger partial charge in [-0.05, 0) is 44.1 Å². The monoisotopic (exact) mass is 645 g/mol. The zero-order valence-corrected chi connectivity index (χ0v) is 27.7. The predicted octanol–water partition coefficient (Wildman–Crippen LogP) is 3.47. The number of carbonyl (C=O) groups is 3. The van der Waals surface area contributed by atoms with Crippen LogP contribution in [0.15, 0.2) is 48.5 Å². The van der Waals surface area contributed by atoms with Crippen LogP contribution in [0.25, 0.3) is 10.1 Å². The van der Waals surface area contributed by atoms with Gasteiger partial charge < -0.3 is 31.1 Å². The van der Waals surface area contributed by atoms with E-state index in [1.165, 1.54) is 17.0 Å². The summed E-state index contributed by atoms with van der Waals surface area (Å²) in [6, 6.07) is 16.2. The molecule has 0 saturated carbocycles. The molecule has 0 radical (unpaired) electrons. The van der Waals surface area contributed by atoms with Crippen LogP contribution >= 0.6 is 11.3 Å². The number of thiophene rings is 1. The second kappa shape index (κ2) is 14.5. The number of fused-ring (bicyclic) bond motifs is 1. The van der Waals surface area contributed by atoms with Crippen molar-refractivity contribution >= 4 is 44.8 Å². The Hall–Kier alpha value is -3.51. The molecular formula is C35H47N7O3S. The summed E-state index contributed by atoms with van der Waals surface area (Å²) in [5.41, 5.74) is 7.74. The number of para-hydroxylation sites is 1. The van der Waals surface area contributed by atoms with Crippen LogP contribution in [0, 0.1) is 0 Å². The van der Waals surface area contributed by atoms with Crippen LogP contribution in [-0.4, -0.2) is 104 Å². The molecule has 2 aromatic carbocycles. The van der Waals surface area contributed by atoms with E-state index in [4.69, 9.17) is 5.73 Å². The number of likely N-dealkylation sites (N-methyl/N-ethyl adjacent to an activating group) is 1. The van der Waals surface area contributed by atoms with E-state index in [0.29, 0.717) is 43.3 Å². The first-order valence-electron chi connectivity index (χ1n) is 16.8. The molecule has 4 N–H and O–H groups in total. The third-order valence-corrected chi connectivity index (χ3v) is 11.0. The summed E-state index contributed by atoms with van der Waals surface area (Å²) in [4.78, 5) is 50.1. The van der Waals surface area contributed by atoms with E-state index in [9.17, 15) is 14.4 Å². The zero-order valence-electron chi connectivity index (χ0n) is 26.9. The average Bonchev–Trinajstić information content (AvgIpc) is 3.60. The van der Waals surface area contributed by atoms with Gasteiger partial charge in [-0.2, -0.15) is 0 Å². The third kappa shape index (κ3) is 6.51. The maximum atomic E-state index is 14.7.